The predicted octanol–water partition coefficient (Wildman–Crippen LogP) is 4.09. The van der Waals surface area contributed by atoms with Crippen molar-refractivity contribution in [2.24, 2.45) is 0 Å². The summed E-state index contributed by atoms with van der Waals surface area (Å²) in [5.41, 5.74) is 2.58. The van der Waals surface area contributed by atoms with Gasteiger partial charge in [-0.3, -0.25) is 14.3 Å². The van der Waals surface area contributed by atoms with Crippen LogP contribution >= 0.6 is 11.8 Å². The zero-order chi connectivity index (χ0) is 21.6. The van der Waals surface area contributed by atoms with Crippen LogP contribution in [0.5, 0.6) is 5.75 Å². The summed E-state index contributed by atoms with van der Waals surface area (Å²) < 4.78 is 7.31. The van der Waals surface area contributed by atoms with Crippen molar-refractivity contribution in [3.8, 4) is 22.8 Å². The molecule has 8 heteroatoms. The van der Waals surface area contributed by atoms with E-state index in [4.69, 9.17) is 4.74 Å². The number of amides is 1. The van der Waals surface area contributed by atoms with E-state index in [-0.39, 0.29) is 11.7 Å². The Hall–Kier alpha value is -3.65. The second kappa shape index (κ2) is 9.44. The van der Waals surface area contributed by atoms with Gasteiger partial charge in [0, 0.05) is 36.8 Å². The molecule has 0 spiro atoms. The summed E-state index contributed by atoms with van der Waals surface area (Å²) in [5, 5.41) is 9.39. The zero-order valence-corrected chi connectivity index (χ0v) is 18.0. The molecular weight excluding hydrogens is 410 g/mol. The van der Waals surface area contributed by atoms with E-state index in [0.29, 0.717) is 11.0 Å². The first kappa shape index (κ1) is 20.6. The average Bonchev–Trinajstić information content (AvgIpc) is 3.27. The first-order chi connectivity index (χ1) is 15.2. The highest BCUT2D eigenvalue weighted by Crippen LogP contribution is 2.29. The van der Waals surface area contributed by atoms with E-state index in [0.717, 1.165) is 22.7 Å². The van der Waals surface area contributed by atoms with E-state index in [1.54, 1.807) is 31.5 Å². The van der Waals surface area contributed by atoms with Crippen LogP contribution in [0.25, 0.3) is 17.1 Å². The van der Waals surface area contributed by atoms with Gasteiger partial charge in [0.05, 0.1) is 18.6 Å². The maximum Gasteiger partial charge on any atom is 0.237 e. The van der Waals surface area contributed by atoms with E-state index in [2.05, 4.69) is 15.2 Å². The van der Waals surface area contributed by atoms with Gasteiger partial charge in [0.15, 0.2) is 11.0 Å². The van der Waals surface area contributed by atoms with Gasteiger partial charge in [0.25, 0.3) is 0 Å². The molecule has 1 amide bonds. The van der Waals surface area contributed by atoms with Crippen molar-refractivity contribution >= 4 is 23.4 Å². The number of benzene rings is 2. The third-order valence-electron chi connectivity index (χ3n) is 4.73. The Morgan fingerprint density at radius 2 is 1.81 bits per heavy atom. The number of aromatic nitrogens is 4. The third kappa shape index (κ3) is 4.59. The molecule has 0 aliphatic heterocycles. The number of para-hydroxylation sites is 1. The number of hydrogen-bond acceptors (Lipinski definition) is 6. The first-order valence-corrected chi connectivity index (χ1v) is 10.6. The van der Waals surface area contributed by atoms with Crippen LogP contribution < -0.4 is 9.64 Å². The van der Waals surface area contributed by atoms with Gasteiger partial charge in [-0.2, -0.15) is 0 Å². The molecule has 0 radical (unpaired) electrons. The Balaban J connectivity index is 1.64. The topological polar surface area (TPSA) is 73.1 Å². The molecule has 2 aromatic heterocycles. The molecule has 0 aliphatic rings. The number of rotatable bonds is 7. The molecule has 0 N–H and O–H groups in total. The fourth-order valence-corrected chi connectivity index (χ4v) is 3.92. The lowest BCUT2D eigenvalue weighted by Crippen LogP contribution is -2.27. The Morgan fingerprint density at radius 1 is 1.03 bits per heavy atom. The summed E-state index contributed by atoms with van der Waals surface area (Å²) in [4.78, 5) is 18.5. The average molecular weight is 432 g/mol. The van der Waals surface area contributed by atoms with Crippen LogP contribution in [0, 0.1) is 0 Å². The monoisotopic (exact) mass is 431 g/mol. The van der Waals surface area contributed by atoms with Crippen molar-refractivity contribution in [1.29, 1.82) is 0 Å². The molecule has 156 valence electrons. The van der Waals surface area contributed by atoms with E-state index in [1.165, 1.54) is 11.8 Å². The standard InChI is InChI=1S/C23H21N5O2S/c1-27(18-7-4-3-5-8-18)21(29)16-31-23-26-25-22(17-11-13-24-14-12-17)28(23)19-9-6-10-20(15-19)30-2/h3-15H,16H2,1-2H3. The molecule has 0 atom stereocenters. The van der Waals surface area contributed by atoms with Gasteiger partial charge < -0.3 is 9.64 Å². The Bertz CT molecular complexity index is 1170. The lowest BCUT2D eigenvalue weighted by molar-refractivity contribution is -0.115. The summed E-state index contributed by atoms with van der Waals surface area (Å²) in [6, 6.07) is 21.0. The van der Waals surface area contributed by atoms with E-state index in [9.17, 15) is 4.79 Å². The highest BCUT2D eigenvalue weighted by atomic mass is 32.2. The minimum Gasteiger partial charge on any atom is -0.497 e. The molecule has 4 rings (SSSR count). The molecule has 0 saturated carbocycles. The number of methoxy groups -OCH3 is 1. The summed E-state index contributed by atoms with van der Waals surface area (Å²) in [7, 11) is 3.40. The molecule has 7 nitrogen and oxygen atoms in total. The summed E-state index contributed by atoms with van der Waals surface area (Å²) in [6.07, 6.45) is 3.43. The number of carbonyl (C=O) groups excluding carboxylic acids is 1. The number of hydrogen-bond donors (Lipinski definition) is 0. The molecule has 0 saturated heterocycles. The highest BCUT2D eigenvalue weighted by molar-refractivity contribution is 7.99. The van der Waals surface area contributed by atoms with Gasteiger partial charge in [-0.25, -0.2) is 0 Å². The van der Waals surface area contributed by atoms with Crippen molar-refractivity contribution in [3.63, 3.8) is 0 Å². The fraction of sp³-hybridized carbons (Fsp3) is 0.130. The molecular formula is C23H21N5O2S. The van der Waals surface area contributed by atoms with Crippen molar-refractivity contribution in [1.82, 2.24) is 19.7 Å². The van der Waals surface area contributed by atoms with Gasteiger partial charge in [-0.15, -0.1) is 10.2 Å². The van der Waals surface area contributed by atoms with Gasteiger partial charge >= 0.3 is 0 Å². The van der Waals surface area contributed by atoms with Crippen LogP contribution in [0.2, 0.25) is 0 Å². The molecule has 2 heterocycles. The predicted molar refractivity (Wildman–Crippen MR) is 122 cm³/mol. The number of nitrogens with zero attached hydrogens (tertiary/aromatic N) is 5. The zero-order valence-electron chi connectivity index (χ0n) is 17.2. The maximum absolute atomic E-state index is 12.8. The lowest BCUT2D eigenvalue weighted by Gasteiger charge is -2.17. The van der Waals surface area contributed by atoms with Crippen molar-refractivity contribution < 1.29 is 9.53 Å². The van der Waals surface area contributed by atoms with E-state index in [1.807, 2.05) is 71.3 Å². The molecule has 0 unspecified atom stereocenters. The minimum absolute atomic E-state index is 0.0261. The van der Waals surface area contributed by atoms with E-state index >= 15 is 0 Å². The Morgan fingerprint density at radius 3 is 2.55 bits per heavy atom. The number of pyridine rings is 1. The second-order valence-corrected chi connectivity index (χ2v) is 7.60. The lowest BCUT2D eigenvalue weighted by atomic mass is 10.2. The van der Waals surface area contributed by atoms with Gasteiger partial charge in [0.1, 0.15) is 5.75 Å². The molecule has 0 bridgehead atoms. The molecule has 0 fully saturated rings. The normalized spacial score (nSPS) is 10.6. The molecule has 4 aromatic rings. The number of thioether (sulfide) groups is 1. The summed E-state index contributed by atoms with van der Waals surface area (Å²) >= 11 is 1.34. The summed E-state index contributed by atoms with van der Waals surface area (Å²) in [6.45, 7) is 0. The minimum atomic E-state index is -0.0261. The Kier molecular flexibility index (Phi) is 6.28. The summed E-state index contributed by atoms with van der Waals surface area (Å²) in [5.74, 6) is 1.59. The van der Waals surface area contributed by atoms with Gasteiger partial charge in [-0.1, -0.05) is 36.0 Å². The SMILES string of the molecule is COc1cccc(-n2c(SCC(=O)N(C)c3ccccc3)nnc2-c2ccncc2)c1. The Labute approximate surface area is 184 Å². The maximum atomic E-state index is 12.8. The number of carbonyl (C=O) groups is 1. The van der Waals surface area contributed by atoms with Crippen molar-refractivity contribution in [2.75, 3.05) is 24.8 Å². The molecule has 31 heavy (non-hydrogen) atoms. The largest absolute Gasteiger partial charge is 0.497 e. The van der Waals surface area contributed by atoms with Crippen molar-refractivity contribution in [2.45, 2.75) is 5.16 Å². The first-order valence-electron chi connectivity index (χ1n) is 9.62. The van der Waals surface area contributed by atoms with Crippen LogP contribution in [0.15, 0.2) is 84.3 Å². The van der Waals surface area contributed by atoms with Crippen LogP contribution in [-0.4, -0.2) is 45.6 Å². The van der Waals surface area contributed by atoms with Crippen LogP contribution in [-0.2, 0) is 4.79 Å². The van der Waals surface area contributed by atoms with E-state index < -0.39 is 0 Å². The smallest absolute Gasteiger partial charge is 0.237 e. The molecule has 0 aliphatic carbocycles. The third-order valence-corrected chi connectivity index (χ3v) is 5.64. The van der Waals surface area contributed by atoms with Gasteiger partial charge in [0.2, 0.25) is 5.91 Å². The quantitative estimate of drug-likeness (QED) is 0.410. The van der Waals surface area contributed by atoms with Gasteiger partial charge in [-0.05, 0) is 36.4 Å². The number of anilines is 1. The number of ether oxygens (including phenoxy) is 1. The second-order valence-electron chi connectivity index (χ2n) is 6.66. The van der Waals surface area contributed by atoms with Crippen LogP contribution in [0.3, 0.4) is 0 Å². The molecule has 2 aromatic carbocycles. The van der Waals surface area contributed by atoms with Crippen molar-refractivity contribution in [3.05, 3.63) is 79.1 Å². The van der Waals surface area contributed by atoms with Crippen LogP contribution in [0.4, 0.5) is 5.69 Å². The van der Waals surface area contributed by atoms with Crippen LogP contribution in [0.1, 0.15) is 0 Å². The fourth-order valence-electron chi connectivity index (χ4n) is 3.05. The highest BCUT2D eigenvalue weighted by Gasteiger charge is 2.19.